The molecule has 0 amide bonds. The minimum atomic E-state index is -0.568. The first-order valence-corrected chi connectivity index (χ1v) is 10.9. The molecule has 3 nitrogen and oxygen atoms in total. The number of likely N-dealkylation sites (tertiary alicyclic amines) is 1. The molecule has 0 aromatic heterocycles. The van der Waals surface area contributed by atoms with Crippen LogP contribution >= 0.6 is 0 Å². The normalized spacial score (nSPS) is 22.0. The van der Waals surface area contributed by atoms with Crippen molar-refractivity contribution >= 4 is 0 Å². The molecule has 0 aliphatic carbocycles. The van der Waals surface area contributed by atoms with Crippen molar-refractivity contribution in [3.63, 3.8) is 0 Å². The Bertz CT molecular complexity index is 466. The fraction of sp³-hybridized carbons (Fsp3) is 0.739. The third kappa shape index (κ3) is 7.38. The number of nitrogens with zero attached hydrogens (tertiary/aromatic N) is 1. The molecule has 2 N–H and O–H groups in total. The van der Waals surface area contributed by atoms with Crippen LogP contribution in [-0.4, -0.2) is 46.5 Å². The molecule has 0 spiro atoms. The summed E-state index contributed by atoms with van der Waals surface area (Å²) >= 11 is 0. The molecule has 1 saturated heterocycles. The highest BCUT2D eigenvalue weighted by Crippen LogP contribution is 2.25. The fourth-order valence-corrected chi connectivity index (χ4v) is 4.41. The predicted octanol–water partition coefficient (Wildman–Crippen LogP) is 4.66. The maximum Gasteiger partial charge on any atom is 0.134 e. The topological polar surface area (TPSA) is 40.5 Å². The fourth-order valence-electron chi connectivity index (χ4n) is 4.41. The van der Waals surface area contributed by atoms with Gasteiger partial charge < -0.3 is 14.7 Å². The Balaban J connectivity index is 1.68. The number of hydrogen-bond donors (Lipinski definition) is 2. The number of benzene rings is 1. The summed E-state index contributed by atoms with van der Waals surface area (Å²) in [4.78, 5) is 0. The maximum atomic E-state index is 10.1. The molecule has 1 aliphatic heterocycles. The second-order valence-corrected chi connectivity index (χ2v) is 8.39. The highest BCUT2D eigenvalue weighted by Gasteiger charge is 2.43. The van der Waals surface area contributed by atoms with Crippen LogP contribution in [0, 0.1) is 0 Å². The van der Waals surface area contributed by atoms with Gasteiger partial charge in [-0.1, -0.05) is 88.6 Å². The Morgan fingerprint density at radius 1 is 0.769 bits per heavy atom. The number of quaternary nitrogens is 1. The van der Waals surface area contributed by atoms with Crippen LogP contribution in [0.3, 0.4) is 0 Å². The van der Waals surface area contributed by atoms with E-state index in [1.807, 2.05) is 6.07 Å². The number of aliphatic hydroxyl groups is 2. The second-order valence-electron chi connectivity index (χ2n) is 8.39. The van der Waals surface area contributed by atoms with Crippen molar-refractivity contribution in [3.8, 4) is 0 Å². The average molecular weight is 363 g/mol. The van der Waals surface area contributed by atoms with E-state index in [9.17, 15) is 10.2 Å². The van der Waals surface area contributed by atoms with Gasteiger partial charge in [0.2, 0.25) is 0 Å². The summed E-state index contributed by atoms with van der Waals surface area (Å²) in [7, 11) is 0. The first kappa shape index (κ1) is 21.4. The van der Waals surface area contributed by atoms with E-state index in [4.69, 9.17) is 0 Å². The quantitative estimate of drug-likeness (QED) is 0.396. The molecule has 2 atom stereocenters. The summed E-state index contributed by atoms with van der Waals surface area (Å²) in [5.74, 6) is 0. The Hall–Kier alpha value is -0.900. The first-order valence-electron chi connectivity index (χ1n) is 10.9. The van der Waals surface area contributed by atoms with Crippen molar-refractivity contribution in [3.05, 3.63) is 35.9 Å². The summed E-state index contributed by atoms with van der Waals surface area (Å²) in [5, 5.41) is 20.2. The van der Waals surface area contributed by atoms with E-state index in [-0.39, 0.29) is 0 Å². The lowest BCUT2D eigenvalue weighted by molar-refractivity contribution is -0.932. The zero-order valence-corrected chi connectivity index (χ0v) is 16.8. The molecule has 2 rings (SSSR count). The van der Waals surface area contributed by atoms with Crippen LogP contribution in [0.15, 0.2) is 30.3 Å². The average Bonchev–Trinajstić information content (AvgIpc) is 2.91. The largest absolute Gasteiger partial charge is 0.384 e. The summed E-state index contributed by atoms with van der Waals surface area (Å²) < 4.78 is 0.837. The van der Waals surface area contributed by atoms with Crippen LogP contribution in [0.4, 0.5) is 0 Å². The Morgan fingerprint density at radius 3 is 1.81 bits per heavy atom. The van der Waals surface area contributed by atoms with Gasteiger partial charge in [-0.25, -0.2) is 0 Å². The van der Waals surface area contributed by atoms with Crippen molar-refractivity contribution < 1.29 is 14.7 Å². The van der Waals surface area contributed by atoms with Gasteiger partial charge in [-0.2, -0.15) is 0 Å². The third-order valence-corrected chi connectivity index (χ3v) is 5.94. The van der Waals surface area contributed by atoms with Crippen molar-refractivity contribution in [2.24, 2.45) is 0 Å². The number of rotatable bonds is 13. The van der Waals surface area contributed by atoms with Crippen molar-refractivity contribution in [2.45, 2.75) is 89.9 Å². The monoisotopic (exact) mass is 362 g/mol. The summed E-state index contributed by atoms with van der Waals surface area (Å²) in [5.41, 5.74) is 1.31. The molecule has 148 valence electrons. The van der Waals surface area contributed by atoms with E-state index >= 15 is 0 Å². The molecule has 0 saturated carbocycles. The predicted molar refractivity (Wildman–Crippen MR) is 109 cm³/mol. The smallest absolute Gasteiger partial charge is 0.134 e. The van der Waals surface area contributed by atoms with E-state index in [2.05, 4.69) is 31.2 Å². The standard InChI is InChI=1S/C23H40NO2/c1-2-3-4-5-6-7-8-9-10-14-17-24(19-22(25)23(26)20-24)18-21-15-12-11-13-16-21/h11-13,15-16,22-23,25-26H,2-10,14,17-20H2,1H3/q+1/t22-,23-/m0/s1. The molecule has 1 aliphatic rings. The van der Waals surface area contributed by atoms with Gasteiger partial charge in [0.25, 0.3) is 0 Å². The van der Waals surface area contributed by atoms with Crippen LogP contribution in [0.1, 0.15) is 76.7 Å². The van der Waals surface area contributed by atoms with Gasteiger partial charge in [0.15, 0.2) is 0 Å². The molecule has 0 unspecified atom stereocenters. The Morgan fingerprint density at radius 2 is 1.27 bits per heavy atom. The van der Waals surface area contributed by atoms with Gasteiger partial charge in [-0.3, -0.25) is 0 Å². The second kappa shape index (κ2) is 11.7. The van der Waals surface area contributed by atoms with Gasteiger partial charge in [-0.05, 0) is 12.8 Å². The molecule has 0 bridgehead atoms. The minimum absolute atomic E-state index is 0.568. The zero-order valence-electron chi connectivity index (χ0n) is 16.8. The Kier molecular flexibility index (Phi) is 9.66. The van der Waals surface area contributed by atoms with E-state index in [1.165, 1.54) is 69.8 Å². The molecular weight excluding hydrogens is 322 g/mol. The van der Waals surface area contributed by atoms with Crippen molar-refractivity contribution in [1.82, 2.24) is 0 Å². The van der Waals surface area contributed by atoms with Crippen LogP contribution < -0.4 is 0 Å². The van der Waals surface area contributed by atoms with Crippen molar-refractivity contribution in [1.29, 1.82) is 0 Å². The SMILES string of the molecule is CCCCCCCCCCCC[N+]1(Cc2ccccc2)C[C@H](O)[C@@H](O)C1. The molecule has 1 fully saturated rings. The molecule has 26 heavy (non-hydrogen) atoms. The van der Waals surface area contributed by atoms with Crippen LogP contribution in [0.2, 0.25) is 0 Å². The molecule has 1 aromatic rings. The molecular formula is C23H40NO2+. The van der Waals surface area contributed by atoms with E-state index in [1.54, 1.807) is 0 Å². The van der Waals surface area contributed by atoms with Gasteiger partial charge >= 0.3 is 0 Å². The van der Waals surface area contributed by atoms with Gasteiger partial charge in [0.1, 0.15) is 31.8 Å². The molecule has 0 radical (unpaired) electrons. The van der Waals surface area contributed by atoms with Crippen molar-refractivity contribution in [2.75, 3.05) is 19.6 Å². The molecule has 1 heterocycles. The third-order valence-electron chi connectivity index (χ3n) is 5.94. The van der Waals surface area contributed by atoms with E-state index in [0.29, 0.717) is 13.1 Å². The summed E-state index contributed by atoms with van der Waals surface area (Å²) in [6, 6.07) is 10.5. The lowest BCUT2D eigenvalue weighted by Crippen LogP contribution is -2.46. The number of hydrogen-bond acceptors (Lipinski definition) is 2. The molecule has 1 aromatic carbocycles. The van der Waals surface area contributed by atoms with E-state index in [0.717, 1.165) is 17.6 Å². The lowest BCUT2D eigenvalue weighted by atomic mass is 10.1. The highest BCUT2D eigenvalue weighted by atomic mass is 16.3. The highest BCUT2D eigenvalue weighted by molar-refractivity contribution is 5.13. The van der Waals surface area contributed by atoms with Gasteiger partial charge in [-0.15, -0.1) is 0 Å². The minimum Gasteiger partial charge on any atom is -0.384 e. The maximum absolute atomic E-state index is 10.1. The Labute approximate surface area is 160 Å². The number of unbranched alkanes of at least 4 members (excludes halogenated alkanes) is 9. The number of aliphatic hydroxyl groups excluding tert-OH is 2. The van der Waals surface area contributed by atoms with Crippen LogP contribution in [0.5, 0.6) is 0 Å². The van der Waals surface area contributed by atoms with Gasteiger partial charge in [0, 0.05) is 5.56 Å². The lowest BCUT2D eigenvalue weighted by Gasteiger charge is -2.34. The van der Waals surface area contributed by atoms with Crippen LogP contribution in [-0.2, 0) is 6.54 Å². The molecule has 3 heteroatoms. The summed E-state index contributed by atoms with van der Waals surface area (Å²) in [6.07, 6.45) is 12.3. The summed E-state index contributed by atoms with van der Waals surface area (Å²) in [6.45, 7) is 5.64. The first-order chi connectivity index (χ1) is 12.7. The zero-order chi connectivity index (χ0) is 18.7. The van der Waals surface area contributed by atoms with E-state index < -0.39 is 12.2 Å². The van der Waals surface area contributed by atoms with Gasteiger partial charge in [0.05, 0.1) is 6.54 Å². The van der Waals surface area contributed by atoms with Crippen LogP contribution in [0.25, 0.3) is 0 Å².